The van der Waals surface area contributed by atoms with Crippen molar-refractivity contribution in [1.82, 2.24) is 9.80 Å². The number of aliphatic hydroxyl groups is 1. The van der Waals surface area contributed by atoms with Gasteiger partial charge < -0.3 is 19.5 Å². The molecule has 2 aromatic carbocycles. The number of carbonyl (C=O) groups is 2. The molecule has 190 valence electrons. The SMILES string of the molecule is COC(=O)C1CCN(Cc2ccc3c(c2)CN(C(=O)c2cccc(C#CC(C)(C)O)c2)CCO3)CC1. The second-order valence-electron chi connectivity index (χ2n) is 9.98. The van der Waals surface area contributed by atoms with E-state index in [4.69, 9.17) is 9.47 Å². The number of benzene rings is 2. The molecule has 0 spiro atoms. The van der Waals surface area contributed by atoms with E-state index in [1.54, 1.807) is 30.9 Å². The average molecular weight is 491 g/mol. The van der Waals surface area contributed by atoms with Crippen molar-refractivity contribution in [3.63, 3.8) is 0 Å². The van der Waals surface area contributed by atoms with Crippen molar-refractivity contribution < 1.29 is 24.2 Å². The molecule has 2 aromatic rings. The van der Waals surface area contributed by atoms with Gasteiger partial charge in [0, 0.05) is 29.8 Å². The van der Waals surface area contributed by atoms with E-state index in [-0.39, 0.29) is 17.8 Å². The molecule has 1 fully saturated rings. The van der Waals surface area contributed by atoms with Crippen molar-refractivity contribution in [2.75, 3.05) is 33.4 Å². The van der Waals surface area contributed by atoms with Crippen molar-refractivity contribution in [2.24, 2.45) is 5.92 Å². The Hall–Kier alpha value is -3.34. The maximum Gasteiger partial charge on any atom is 0.308 e. The van der Waals surface area contributed by atoms with Crippen LogP contribution < -0.4 is 4.74 Å². The maximum atomic E-state index is 13.4. The minimum atomic E-state index is -1.10. The Morgan fingerprint density at radius 2 is 1.92 bits per heavy atom. The zero-order valence-corrected chi connectivity index (χ0v) is 21.3. The summed E-state index contributed by atoms with van der Waals surface area (Å²) in [5, 5.41) is 9.87. The van der Waals surface area contributed by atoms with Gasteiger partial charge in [-0.2, -0.15) is 0 Å². The van der Waals surface area contributed by atoms with Gasteiger partial charge in [0.15, 0.2) is 0 Å². The molecule has 1 amide bonds. The summed E-state index contributed by atoms with van der Waals surface area (Å²) in [7, 11) is 1.45. The number of esters is 1. The van der Waals surface area contributed by atoms with Gasteiger partial charge in [0.25, 0.3) is 5.91 Å². The van der Waals surface area contributed by atoms with Crippen molar-refractivity contribution in [2.45, 2.75) is 45.4 Å². The number of ether oxygens (including phenoxy) is 2. The van der Waals surface area contributed by atoms with Crippen LogP contribution in [0.3, 0.4) is 0 Å². The van der Waals surface area contributed by atoms with Crippen LogP contribution in [0.25, 0.3) is 0 Å². The van der Waals surface area contributed by atoms with E-state index in [0.717, 1.165) is 49.4 Å². The molecule has 0 bridgehead atoms. The molecule has 0 saturated carbocycles. The first-order valence-electron chi connectivity index (χ1n) is 12.4. The van der Waals surface area contributed by atoms with E-state index >= 15 is 0 Å². The van der Waals surface area contributed by atoms with Crippen LogP contribution in [0.5, 0.6) is 5.75 Å². The van der Waals surface area contributed by atoms with Gasteiger partial charge in [0.2, 0.25) is 0 Å². The number of fused-ring (bicyclic) bond motifs is 1. The predicted octanol–water partition coefficient (Wildman–Crippen LogP) is 3.23. The molecular weight excluding hydrogens is 456 g/mol. The molecule has 4 rings (SSSR count). The summed E-state index contributed by atoms with van der Waals surface area (Å²) in [5.74, 6) is 6.34. The lowest BCUT2D eigenvalue weighted by molar-refractivity contribution is -0.147. The molecular formula is C29H34N2O5. The number of hydrogen-bond donors (Lipinski definition) is 1. The fourth-order valence-electron chi connectivity index (χ4n) is 4.61. The fraction of sp³-hybridized carbons (Fsp3) is 0.448. The Labute approximate surface area is 213 Å². The van der Waals surface area contributed by atoms with Crippen LogP contribution in [-0.2, 0) is 22.6 Å². The topological polar surface area (TPSA) is 79.3 Å². The Morgan fingerprint density at radius 1 is 1.14 bits per heavy atom. The molecule has 36 heavy (non-hydrogen) atoms. The van der Waals surface area contributed by atoms with E-state index in [2.05, 4.69) is 28.9 Å². The number of hydrogen-bond acceptors (Lipinski definition) is 6. The van der Waals surface area contributed by atoms with Gasteiger partial charge in [-0.3, -0.25) is 14.5 Å². The molecule has 0 atom stereocenters. The van der Waals surface area contributed by atoms with E-state index in [9.17, 15) is 14.7 Å². The Bertz CT molecular complexity index is 1170. The molecule has 0 unspecified atom stereocenters. The second kappa shape index (κ2) is 11.2. The number of methoxy groups -OCH3 is 1. The normalized spacial score (nSPS) is 16.7. The Kier molecular flexibility index (Phi) is 7.97. The van der Waals surface area contributed by atoms with Crippen LogP contribution in [0.15, 0.2) is 42.5 Å². The maximum absolute atomic E-state index is 13.4. The summed E-state index contributed by atoms with van der Waals surface area (Å²) in [6.07, 6.45) is 1.62. The van der Waals surface area contributed by atoms with Gasteiger partial charge >= 0.3 is 5.97 Å². The first-order chi connectivity index (χ1) is 17.2. The molecule has 7 heteroatoms. The highest BCUT2D eigenvalue weighted by atomic mass is 16.5. The highest BCUT2D eigenvalue weighted by Gasteiger charge is 2.26. The number of likely N-dealkylation sites (tertiary alicyclic amines) is 1. The smallest absolute Gasteiger partial charge is 0.308 e. The molecule has 2 heterocycles. The highest BCUT2D eigenvalue weighted by Crippen LogP contribution is 2.27. The average Bonchev–Trinajstić information content (AvgIpc) is 3.09. The zero-order valence-electron chi connectivity index (χ0n) is 21.3. The minimum Gasteiger partial charge on any atom is -0.491 e. The molecule has 2 aliphatic heterocycles. The van der Waals surface area contributed by atoms with Gasteiger partial charge in [0.05, 0.1) is 19.6 Å². The van der Waals surface area contributed by atoms with Crippen LogP contribution in [0.1, 0.15) is 53.7 Å². The molecule has 7 nitrogen and oxygen atoms in total. The summed E-state index contributed by atoms with van der Waals surface area (Å²) in [6.45, 7) is 7.13. The Morgan fingerprint density at radius 3 is 2.64 bits per heavy atom. The van der Waals surface area contributed by atoms with Crippen LogP contribution in [0, 0.1) is 17.8 Å². The van der Waals surface area contributed by atoms with E-state index in [1.165, 1.54) is 7.11 Å². The summed E-state index contributed by atoms with van der Waals surface area (Å²) in [6, 6.07) is 13.4. The number of rotatable bonds is 4. The molecule has 1 saturated heterocycles. The molecule has 0 radical (unpaired) electrons. The third-order valence-electron chi connectivity index (χ3n) is 6.54. The molecule has 0 aromatic heterocycles. The molecule has 1 N–H and O–H groups in total. The van der Waals surface area contributed by atoms with E-state index in [0.29, 0.717) is 30.8 Å². The quantitative estimate of drug-likeness (QED) is 0.524. The van der Waals surface area contributed by atoms with Crippen molar-refractivity contribution in [1.29, 1.82) is 0 Å². The molecule has 0 aliphatic carbocycles. The van der Waals surface area contributed by atoms with E-state index < -0.39 is 5.60 Å². The Balaban J connectivity index is 1.44. The van der Waals surface area contributed by atoms with Gasteiger partial charge in [-0.1, -0.05) is 24.0 Å². The lowest BCUT2D eigenvalue weighted by atomic mass is 9.96. The summed E-state index contributed by atoms with van der Waals surface area (Å²) >= 11 is 0. The van der Waals surface area contributed by atoms with Crippen molar-refractivity contribution in [3.8, 4) is 17.6 Å². The van der Waals surface area contributed by atoms with Gasteiger partial charge in [0.1, 0.15) is 18.0 Å². The van der Waals surface area contributed by atoms with Crippen LogP contribution in [-0.4, -0.2) is 65.7 Å². The third-order valence-corrected chi connectivity index (χ3v) is 6.54. The summed E-state index contributed by atoms with van der Waals surface area (Å²) in [4.78, 5) is 29.3. The standard InChI is InChI=1S/C29H34N2O5/c1-29(2,34)12-9-21-5-4-6-24(17-21)27(32)31-15-16-36-26-8-7-22(18-25(26)20-31)19-30-13-10-23(11-14-30)28(33)35-3/h4-8,17-18,23,34H,10-11,13-16,19-20H2,1-3H3. The first kappa shape index (κ1) is 25.7. The first-order valence-corrected chi connectivity index (χ1v) is 12.4. The zero-order chi connectivity index (χ0) is 25.7. The van der Waals surface area contributed by atoms with Gasteiger partial charge in [-0.05, 0) is 75.7 Å². The summed E-state index contributed by atoms with van der Waals surface area (Å²) in [5.41, 5.74) is 2.30. The number of amides is 1. The van der Waals surface area contributed by atoms with Gasteiger partial charge in [-0.25, -0.2) is 0 Å². The fourth-order valence-corrected chi connectivity index (χ4v) is 4.61. The number of nitrogens with zero attached hydrogens (tertiary/aromatic N) is 2. The van der Waals surface area contributed by atoms with Crippen LogP contribution in [0.2, 0.25) is 0 Å². The highest BCUT2D eigenvalue weighted by molar-refractivity contribution is 5.94. The van der Waals surface area contributed by atoms with Gasteiger partial charge in [-0.15, -0.1) is 0 Å². The largest absolute Gasteiger partial charge is 0.491 e. The van der Waals surface area contributed by atoms with Crippen molar-refractivity contribution in [3.05, 3.63) is 64.7 Å². The summed E-state index contributed by atoms with van der Waals surface area (Å²) < 4.78 is 10.8. The predicted molar refractivity (Wildman–Crippen MR) is 136 cm³/mol. The van der Waals surface area contributed by atoms with E-state index in [1.807, 2.05) is 18.2 Å². The monoisotopic (exact) mass is 490 g/mol. The second-order valence-corrected chi connectivity index (χ2v) is 9.98. The lowest BCUT2D eigenvalue weighted by Crippen LogP contribution is -2.36. The molecule has 2 aliphatic rings. The number of carbonyl (C=O) groups excluding carboxylic acids is 2. The third kappa shape index (κ3) is 6.66. The van der Waals surface area contributed by atoms with Crippen LogP contribution >= 0.6 is 0 Å². The lowest BCUT2D eigenvalue weighted by Gasteiger charge is -2.30. The van der Waals surface area contributed by atoms with Crippen LogP contribution in [0.4, 0.5) is 0 Å². The number of piperidine rings is 1. The minimum absolute atomic E-state index is 0.00845. The van der Waals surface area contributed by atoms with Crippen molar-refractivity contribution >= 4 is 11.9 Å².